The Morgan fingerprint density at radius 2 is 2.31 bits per heavy atom. The largest absolute Gasteiger partial charge is 0.480 e. The van der Waals surface area contributed by atoms with Crippen LogP contribution in [0.15, 0.2) is 6.20 Å². The van der Waals surface area contributed by atoms with E-state index in [1.54, 1.807) is 13.8 Å². The standard InChI is InChI=1S/C9H12N2O2/c1-4-8(12)7-5-10-6(2)11-9(7)13-3/h5H,4H2,1-3H3. The highest BCUT2D eigenvalue weighted by Gasteiger charge is 2.11. The summed E-state index contributed by atoms with van der Waals surface area (Å²) < 4.78 is 4.98. The molecule has 1 aromatic rings. The highest BCUT2D eigenvalue weighted by Crippen LogP contribution is 2.15. The van der Waals surface area contributed by atoms with Gasteiger partial charge in [0.1, 0.15) is 5.82 Å². The van der Waals surface area contributed by atoms with Crippen LogP contribution in [0.5, 0.6) is 5.88 Å². The fourth-order valence-electron chi connectivity index (χ4n) is 0.987. The highest BCUT2D eigenvalue weighted by molar-refractivity contribution is 5.97. The molecule has 0 fully saturated rings. The lowest BCUT2D eigenvalue weighted by Crippen LogP contribution is -2.04. The van der Waals surface area contributed by atoms with Crippen molar-refractivity contribution in [3.63, 3.8) is 0 Å². The molecule has 4 nitrogen and oxygen atoms in total. The summed E-state index contributed by atoms with van der Waals surface area (Å²) in [5.41, 5.74) is 0.454. The summed E-state index contributed by atoms with van der Waals surface area (Å²) in [7, 11) is 1.49. The van der Waals surface area contributed by atoms with Crippen molar-refractivity contribution < 1.29 is 9.53 Å². The molecule has 4 heteroatoms. The summed E-state index contributed by atoms with van der Waals surface area (Å²) in [6, 6.07) is 0. The lowest BCUT2D eigenvalue weighted by Gasteiger charge is -2.04. The summed E-state index contributed by atoms with van der Waals surface area (Å²) in [4.78, 5) is 19.3. The Balaban J connectivity index is 3.13. The molecule has 0 aliphatic carbocycles. The van der Waals surface area contributed by atoms with Gasteiger partial charge in [0.25, 0.3) is 0 Å². The molecule has 1 aromatic heterocycles. The molecule has 0 aromatic carbocycles. The number of hydrogen-bond acceptors (Lipinski definition) is 4. The Hall–Kier alpha value is -1.45. The van der Waals surface area contributed by atoms with Crippen LogP contribution in [0.4, 0.5) is 0 Å². The Morgan fingerprint density at radius 3 is 2.85 bits per heavy atom. The van der Waals surface area contributed by atoms with Crippen LogP contribution in [0.25, 0.3) is 0 Å². The van der Waals surface area contributed by atoms with Gasteiger partial charge in [-0.25, -0.2) is 4.98 Å². The van der Waals surface area contributed by atoms with Crippen molar-refractivity contribution in [1.29, 1.82) is 0 Å². The zero-order chi connectivity index (χ0) is 9.84. The number of aromatic nitrogens is 2. The van der Waals surface area contributed by atoms with Gasteiger partial charge in [-0.05, 0) is 6.92 Å². The van der Waals surface area contributed by atoms with E-state index >= 15 is 0 Å². The first-order valence-electron chi connectivity index (χ1n) is 4.09. The van der Waals surface area contributed by atoms with Crippen molar-refractivity contribution in [2.24, 2.45) is 0 Å². The average Bonchev–Trinajstić information content (AvgIpc) is 2.16. The molecule has 0 saturated carbocycles. The maximum atomic E-state index is 11.3. The van der Waals surface area contributed by atoms with Crippen molar-refractivity contribution in [2.75, 3.05) is 7.11 Å². The topological polar surface area (TPSA) is 52.1 Å². The lowest BCUT2D eigenvalue weighted by atomic mass is 10.2. The zero-order valence-corrected chi connectivity index (χ0v) is 8.00. The van der Waals surface area contributed by atoms with Crippen LogP contribution in [-0.2, 0) is 0 Å². The minimum absolute atomic E-state index is 0.00292. The molecule has 0 atom stereocenters. The summed E-state index contributed by atoms with van der Waals surface area (Å²) in [5, 5.41) is 0. The third-order valence-corrected chi connectivity index (χ3v) is 1.69. The second kappa shape index (κ2) is 3.98. The number of nitrogens with zero attached hydrogens (tertiary/aromatic N) is 2. The van der Waals surface area contributed by atoms with Gasteiger partial charge in [0.15, 0.2) is 5.78 Å². The molecule has 0 bridgehead atoms. The first-order valence-corrected chi connectivity index (χ1v) is 4.09. The van der Waals surface area contributed by atoms with Gasteiger partial charge in [-0.2, -0.15) is 4.98 Å². The van der Waals surface area contributed by atoms with E-state index in [1.165, 1.54) is 13.3 Å². The second-order valence-corrected chi connectivity index (χ2v) is 2.62. The molecule has 1 rings (SSSR count). The van der Waals surface area contributed by atoms with Crippen molar-refractivity contribution in [1.82, 2.24) is 9.97 Å². The SMILES string of the molecule is CCC(=O)c1cnc(C)nc1OC. The molecular formula is C9H12N2O2. The number of ether oxygens (including phenoxy) is 1. The predicted molar refractivity (Wildman–Crippen MR) is 47.9 cm³/mol. The molecule has 0 radical (unpaired) electrons. The molecule has 0 aliphatic heterocycles. The van der Waals surface area contributed by atoms with E-state index in [9.17, 15) is 4.79 Å². The van der Waals surface area contributed by atoms with Crippen molar-refractivity contribution in [3.8, 4) is 5.88 Å². The molecule has 1 heterocycles. The lowest BCUT2D eigenvalue weighted by molar-refractivity contribution is 0.0984. The first-order chi connectivity index (χ1) is 6.19. The quantitative estimate of drug-likeness (QED) is 0.659. The number of ketones is 1. The third-order valence-electron chi connectivity index (χ3n) is 1.69. The number of aryl methyl sites for hydroxylation is 1. The summed E-state index contributed by atoms with van der Waals surface area (Å²) in [6.45, 7) is 3.55. The summed E-state index contributed by atoms with van der Waals surface area (Å²) in [5.74, 6) is 0.959. The van der Waals surface area contributed by atoms with Crippen molar-refractivity contribution in [3.05, 3.63) is 17.6 Å². The molecule has 0 spiro atoms. The van der Waals surface area contributed by atoms with Crippen LogP contribution in [0, 0.1) is 6.92 Å². The van der Waals surface area contributed by atoms with Crippen LogP contribution in [0.1, 0.15) is 29.5 Å². The Morgan fingerprint density at radius 1 is 1.62 bits per heavy atom. The molecule has 0 aliphatic rings. The van der Waals surface area contributed by atoms with E-state index in [4.69, 9.17) is 4.74 Å². The fraction of sp³-hybridized carbons (Fsp3) is 0.444. The maximum absolute atomic E-state index is 11.3. The van der Waals surface area contributed by atoms with Gasteiger partial charge in [-0.3, -0.25) is 4.79 Å². The van der Waals surface area contributed by atoms with Crippen LogP contribution in [0.3, 0.4) is 0 Å². The number of rotatable bonds is 3. The second-order valence-electron chi connectivity index (χ2n) is 2.62. The van der Waals surface area contributed by atoms with Crippen LogP contribution in [-0.4, -0.2) is 22.9 Å². The minimum Gasteiger partial charge on any atom is -0.480 e. The predicted octanol–water partition coefficient (Wildman–Crippen LogP) is 1.39. The van der Waals surface area contributed by atoms with Gasteiger partial charge in [0.2, 0.25) is 5.88 Å². The molecule has 0 unspecified atom stereocenters. The average molecular weight is 180 g/mol. The fourth-order valence-corrected chi connectivity index (χ4v) is 0.987. The van der Waals surface area contributed by atoms with E-state index in [2.05, 4.69) is 9.97 Å². The number of hydrogen-bond donors (Lipinski definition) is 0. The number of carbonyl (C=O) groups excluding carboxylic acids is 1. The minimum atomic E-state index is -0.00292. The van der Waals surface area contributed by atoms with E-state index in [0.29, 0.717) is 23.7 Å². The van der Waals surface area contributed by atoms with Crippen LogP contribution < -0.4 is 4.74 Å². The number of carbonyl (C=O) groups is 1. The number of methoxy groups -OCH3 is 1. The molecule has 70 valence electrons. The summed E-state index contributed by atoms with van der Waals surface area (Å²) >= 11 is 0. The monoisotopic (exact) mass is 180 g/mol. The maximum Gasteiger partial charge on any atom is 0.227 e. The smallest absolute Gasteiger partial charge is 0.227 e. The summed E-state index contributed by atoms with van der Waals surface area (Å²) in [6.07, 6.45) is 1.94. The molecule has 0 amide bonds. The molecular weight excluding hydrogens is 168 g/mol. The molecule has 13 heavy (non-hydrogen) atoms. The van der Waals surface area contributed by atoms with E-state index in [-0.39, 0.29) is 5.78 Å². The third kappa shape index (κ3) is 2.02. The van der Waals surface area contributed by atoms with E-state index in [0.717, 1.165) is 0 Å². The highest BCUT2D eigenvalue weighted by atomic mass is 16.5. The van der Waals surface area contributed by atoms with Gasteiger partial charge < -0.3 is 4.74 Å². The first kappa shape index (κ1) is 9.64. The van der Waals surface area contributed by atoms with Gasteiger partial charge >= 0.3 is 0 Å². The zero-order valence-electron chi connectivity index (χ0n) is 8.00. The van der Waals surface area contributed by atoms with Gasteiger partial charge in [-0.15, -0.1) is 0 Å². The van der Waals surface area contributed by atoms with Gasteiger partial charge in [-0.1, -0.05) is 6.92 Å². The Bertz CT molecular complexity index is 323. The Kier molecular flexibility index (Phi) is 2.95. The molecule has 0 N–H and O–H groups in total. The normalized spacial score (nSPS) is 9.77. The van der Waals surface area contributed by atoms with Gasteiger partial charge in [0, 0.05) is 12.6 Å². The van der Waals surface area contributed by atoms with Crippen molar-refractivity contribution in [2.45, 2.75) is 20.3 Å². The van der Waals surface area contributed by atoms with Crippen LogP contribution in [0.2, 0.25) is 0 Å². The van der Waals surface area contributed by atoms with E-state index < -0.39 is 0 Å². The number of Topliss-reactive ketones (excluding diaryl/α,β-unsaturated/α-hetero) is 1. The van der Waals surface area contributed by atoms with E-state index in [1.807, 2.05) is 0 Å². The van der Waals surface area contributed by atoms with Gasteiger partial charge in [0.05, 0.1) is 12.7 Å². The van der Waals surface area contributed by atoms with Crippen molar-refractivity contribution >= 4 is 5.78 Å². The van der Waals surface area contributed by atoms with Crippen LogP contribution >= 0.6 is 0 Å². The Labute approximate surface area is 77.0 Å². The molecule has 0 saturated heterocycles.